The summed E-state index contributed by atoms with van der Waals surface area (Å²) < 4.78 is 6.77. The summed E-state index contributed by atoms with van der Waals surface area (Å²) in [5.41, 5.74) is 1.59. The number of halogens is 2. The number of fused-ring (bicyclic) bond motifs is 1. The first-order chi connectivity index (χ1) is 9.15. The summed E-state index contributed by atoms with van der Waals surface area (Å²) in [5, 5.41) is 0.651. The number of benzene rings is 2. The number of hydrogen-bond donors (Lipinski definition) is 0. The fourth-order valence-corrected chi connectivity index (χ4v) is 3.15. The van der Waals surface area contributed by atoms with E-state index >= 15 is 0 Å². The smallest absolute Gasteiger partial charge is 0.170 e. The van der Waals surface area contributed by atoms with Gasteiger partial charge in [-0.25, -0.2) is 0 Å². The fraction of sp³-hybridized carbons (Fsp3) is 0.133. The molecular formula is C15H10BrClO2. The van der Waals surface area contributed by atoms with Gasteiger partial charge in [0.15, 0.2) is 5.78 Å². The van der Waals surface area contributed by atoms with Crippen molar-refractivity contribution >= 4 is 33.3 Å². The van der Waals surface area contributed by atoms with E-state index in [4.69, 9.17) is 16.3 Å². The predicted molar refractivity (Wildman–Crippen MR) is 77.9 cm³/mol. The standard InChI is InChI=1S/C15H10BrClO2/c16-12-7-9(17)5-6-10(12)15-8-13(18)11-3-1-2-4-14(11)19-15/h1-7,15H,8H2. The van der Waals surface area contributed by atoms with E-state index in [9.17, 15) is 4.79 Å². The highest BCUT2D eigenvalue weighted by Crippen LogP contribution is 2.37. The van der Waals surface area contributed by atoms with Gasteiger partial charge in [0.2, 0.25) is 0 Å². The lowest BCUT2D eigenvalue weighted by atomic mass is 9.96. The molecule has 2 nitrogen and oxygen atoms in total. The molecule has 0 saturated carbocycles. The molecule has 0 saturated heterocycles. The average Bonchev–Trinajstić information content (AvgIpc) is 2.38. The van der Waals surface area contributed by atoms with Crippen LogP contribution in [0.2, 0.25) is 5.02 Å². The highest BCUT2D eigenvalue weighted by Gasteiger charge is 2.28. The quantitative estimate of drug-likeness (QED) is 0.746. The Balaban J connectivity index is 1.99. The number of carbonyl (C=O) groups excluding carboxylic acids is 1. The second-order valence-electron chi connectivity index (χ2n) is 4.40. The van der Waals surface area contributed by atoms with Gasteiger partial charge in [0, 0.05) is 15.1 Å². The minimum absolute atomic E-state index is 0.105. The molecule has 1 aliphatic rings. The van der Waals surface area contributed by atoms with Crippen LogP contribution in [0.1, 0.15) is 28.4 Å². The molecule has 3 rings (SSSR count). The van der Waals surface area contributed by atoms with Crippen molar-refractivity contribution in [1.29, 1.82) is 0 Å². The zero-order chi connectivity index (χ0) is 13.4. The first-order valence-corrected chi connectivity index (χ1v) is 7.06. The van der Waals surface area contributed by atoms with Gasteiger partial charge in [0.05, 0.1) is 12.0 Å². The molecular weight excluding hydrogens is 328 g/mol. The Kier molecular flexibility index (Phi) is 3.33. The summed E-state index contributed by atoms with van der Waals surface area (Å²) in [5.74, 6) is 0.749. The lowest BCUT2D eigenvalue weighted by molar-refractivity contribution is 0.0849. The fourth-order valence-electron chi connectivity index (χ4n) is 2.21. The second-order valence-corrected chi connectivity index (χ2v) is 5.69. The van der Waals surface area contributed by atoms with Crippen LogP contribution in [-0.2, 0) is 0 Å². The third-order valence-electron chi connectivity index (χ3n) is 3.14. The molecule has 2 aromatic carbocycles. The van der Waals surface area contributed by atoms with Crippen molar-refractivity contribution in [3.05, 3.63) is 63.1 Å². The van der Waals surface area contributed by atoms with Crippen LogP contribution in [0.15, 0.2) is 46.9 Å². The van der Waals surface area contributed by atoms with Crippen LogP contribution in [0.3, 0.4) is 0 Å². The van der Waals surface area contributed by atoms with Gasteiger partial charge in [-0.15, -0.1) is 0 Å². The first kappa shape index (κ1) is 12.7. The van der Waals surface area contributed by atoms with Gasteiger partial charge in [0.1, 0.15) is 11.9 Å². The summed E-state index contributed by atoms with van der Waals surface area (Å²) in [4.78, 5) is 12.1. The van der Waals surface area contributed by atoms with E-state index in [1.165, 1.54) is 0 Å². The Morgan fingerprint density at radius 3 is 2.79 bits per heavy atom. The minimum atomic E-state index is -0.269. The molecule has 4 heteroatoms. The van der Waals surface area contributed by atoms with Gasteiger partial charge in [0.25, 0.3) is 0 Å². The summed E-state index contributed by atoms with van der Waals surface area (Å²) in [6.45, 7) is 0. The van der Waals surface area contributed by atoms with E-state index in [0.717, 1.165) is 10.0 Å². The molecule has 0 N–H and O–H groups in total. The van der Waals surface area contributed by atoms with Gasteiger partial charge in [-0.05, 0) is 24.3 Å². The van der Waals surface area contributed by atoms with Crippen LogP contribution in [0, 0.1) is 0 Å². The van der Waals surface area contributed by atoms with E-state index < -0.39 is 0 Å². The van der Waals surface area contributed by atoms with Crippen molar-refractivity contribution in [3.63, 3.8) is 0 Å². The Labute approximate surface area is 124 Å². The highest BCUT2D eigenvalue weighted by molar-refractivity contribution is 9.10. The third kappa shape index (κ3) is 2.40. The van der Waals surface area contributed by atoms with Crippen LogP contribution in [0.5, 0.6) is 5.75 Å². The molecule has 0 fully saturated rings. The maximum atomic E-state index is 12.1. The number of Topliss-reactive ketones (excluding diaryl/α,β-unsaturated/α-hetero) is 1. The van der Waals surface area contributed by atoms with Crippen LogP contribution < -0.4 is 4.74 Å². The molecule has 0 bridgehead atoms. The maximum Gasteiger partial charge on any atom is 0.170 e. The van der Waals surface area contributed by atoms with Crippen LogP contribution in [0.4, 0.5) is 0 Å². The van der Waals surface area contributed by atoms with Crippen molar-refractivity contribution in [1.82, 2.24) is 0 Å². The number of ketones is 1. The summed E-state index contributed by atoms with van der Waals surface area (Å²) in [6, 6.07) is 12.8. The van der Waals surface area contributed by atoms with Gasteiger partial charge in [-0.2, -0.15) is 0 Å². The van der Waals surface area contributed by atoms with Crippen molar-refractivity contribution in [3.8, 4) is 5.75 Å². The Bertz CT molecular complexity index is 654. The molecule has 1 unspecified atom stereocenters. The van der Waals surface area contributed by atoms with Crippen LogP contribution in [-0.4, -0.2) is 5.78 Å². The van der Waals surface area contributed by atoms with Gasteiger partial charge < -0.3 is 4.74 Å². The Morgan fingerprint density at radius 2 is 2.00 bits per heavy atom. The molecule has 1 atom stereocenters. The number of para-hydroxylation sites is 1. The average molecular weight is 338 g/mol. The number of ether oxygens (including phenoxy) is 1. The number of hydrogen-bond acceptors (Lipinski definition) is 2. The largest absolute Gasteiger partial charge is 0.484 e. The molecule has 96 valence electrons. The Hall–Kier alpha value is -1.32. The minimum Gasteiger partial charge on any atom is -0.484 e. The maximum absolute atomic E-state index is 12.1. The van der Waals surface area contributed by atoms with E-state index in [2.05, 4.69) is 15.9 Å². The molecule has 0 radical (unpaired) electrons. The number of carbonyl (C=O) groups is 1. The summed E-state index contributed by atoms with van der Waals surface area (Å²) in [7, 11) is 0. The van der Waals surface area contributed by atoms with Crippen molar-refractivity contribution in [2.24, 2.45) is 0 Å². The first-order valence-electron chi connectivity index (χ1n) is 5.89. The summed E-state index contributed by atoms with van der Waals surface area (Å²) in [6.07, 6.45) is 0.0751. The molecule has 0 amide bonds. The Morgan fingerprint density at radius 1 is 1.21 bits per heavy atom. The monoisotopic (exact) mass is 336 g/mol. The molecule has 0 spiro atoms. The van der Waals surface area contributed by atoms with Crippen LogP contribution in [0.25, 0.3) is 0 Å². The zero-order valence-electron chi connectivity index (χ0n) is 9.90. The van der Waals surface area contributed by atoms with Crippen LogP contribution >= 0.6 is 27.5 Å². The molecule has 1 aliphatic heterocycles. The molecule has 0 aliphatic carbocycles. The van der Waals surface area contributed by atoms with E-state index in [1.54, 1.807) is 12.1 Å². The van der Waals surface area contributed by atoms with Gasteiger partial charge in [-0.1, -0.05) is 45.7 Å². The molecule has 1 heterocycles. The summed E-state index contributed by atoms with van der Waals surface area (Å²) >= 11 is 9.39. The molecule has 0 aromatic heterocycles. The van der Waals surface area contributed by atoms with Crippen molar-refractivity contribution in [2.45, 2.75) is 12.5 Å². The highest BCUT2D eigenvalue weighted by atomic mass is 79.9. The predicted octanol–water partition coefficient (Wildman–Crippen LogP) is 4.81. The normalized spacial score (nSPS) is 17.8. The molecule has 2 aromatic rings. The lowest BCUT2D eigenvalue weighted by Crippen LogP contribution is -2.20. The third-order valence-corrected chi connectivity index (χ3v) is 4.06. The van der Waals surface area contributed by atoms with Gasteiger partial charge in [-0.3, -0.25) is 4.79 Å². The second kappa shape index (κ2) is 4.99. The van der Waals surface area contributed by atoms with E-state index in [0.29, 0.717) is 22.8 Å². The van der Waals surface area contributed by atoms with Gasteiger partial charge >= 0.3 is 0 Å². The number of rotatable bonds is 1. The van der Waals surface area contributed by atoms with E-state index in [1.807, 2.05) is 30.3 Å². The SMILES string of the molecule is O=C1CC(c2ccc(Cl)cc2Br)Oc2ccccc21. The topological polar surface area (TPSA) is 26.3 Å². The van der Waals surface area contributed by atoms with Crippen molar-refractivity contribution < 1.29 is 9.53 Å². The lowest BCUT2D eigenvalue weighted by Gasteiger charge is -2.26. The van der Waals surface area contributed by atoms with Crippen molar-refractivity contribution in [2.75, 3.05) is 0 Å². The molecule has 19 heavy (non-hydrogen) atoms. The van der Waals surface area contributed by atoms with E-state index in [-0.39, 0.29) is 11.9 Å². The zero-order valence-corrected chi connectivity index (χ0v) is 12.2.